The molecular formula is C19H42N2Si2. The third-order valence-corrected chi connectivity index (χ3v) is 11.2. The lowest BCUT2D eigenvalue weighted by Crippen LogP contribution is -2.56. The standard InChI is InChI=1S/C19H42N2Si2/c1-19(2)18-22-16-10-8-6-7-9-11-17-23(4,5)21-14-12-20(3)13-15-21/h18H,6-17,22H2,1-5H3. The van der Waals surface area contributed by atoms with Crippen LogP contribution in [0.2, 0.25) is 25.2 Å². The molecule has 0 aromatic heterocycles. The number of rotatable bonds is 11. The summed E-state index contributed by atoms with van der Waals surface area (Å²) in [5.41, 5.74) is 4.05. The largest absolute Gasteiger partial charge is 0.321 e. The van der Waals surface area contributed by atoms with E-state index in [1.165, 1.54) is 82.4 Å². The molecule has 136 valence electrons. The normalized spacial score (nSPS) is 18.0. The smallest absolute Gasteiger partial charge is 0.122 e. The molecule has 0 amide bonds. The van der Waals surface area contributed by atoms with Gasteiger partial charge >= 0.3 is 0 Å². The molecule has 2 nitrogen and oxygen atoms in total. The third-order valence-electron chi connectivity index (χ3n) is 5.40. The van der Waals surface area contributed by atoms with Gasteiger partial charge in [-0.3, -0.25) is 0 Å². The first-order chi connectivity index (χ1) is 10.9. The minimum Gasteiger partial charge on any atom is -0.321 e. The Morgan fingerprint density at radius 2 is 1.48 bits per heavy atom. The highest BCUT2D eigenvalue weighted by Gasteiger charge is 2.30. The maximum absolute atomic E-state index is 2.85. The lowest BCUT2D eigenvalue weighted by molar-refractivity contribution is 0.216. The first kappa shape index (κ1) is 21.1. The van der Waals surface area contributed by atoms with Gasteiger partial charge in [0.15, 0.2) is 0 Å². The lowest BCUT2D eigenvalue weighted by atomic mass is 10.1. The van der Waals surface area contributed by atoms with E-state index in [0.29, 0.717) is 0 Å². The van der Waals surface area contributed by atoms with Gasteiger partial charge in [-0.05, 0) is 26.9 Å². The van der Waals surface area contributed by atoms with E-state index in [0.717, 1.165) is 0 Å². The molecule has 1 saturated heterocycles. The van der Waals surface area contributed by atoms with Gasteiger partial charge in [0.2, 0.25) is 0 Å². The van der Waals surface area contributed by atoms with E-state index in [1.807, 2.05) is 0 Å². The van der Waals surface area contributed by atoms with Gasteiger partial charge in [-0.15, -0.1) is 5.70 Å². The second-order valence-electron chi connectivity index (χ2n) is 8.40. The number of piperazine rings is 1. The fourth-order valence-corrected chi connectivity index (χ4v) is 7.81. The molecule has 0 aromatic carbocycles. The van der Waals surface area contributed by atoms with Crippen molar-refractivity contribution in [2.75, 3.05) is 33.2 Å². The fraction of sp³-hybridized carbons (Fsp3) is 0.895. The van der Waals surface area contributed by atoms with Crippen molar-refractivity contribution < 1.29 is 0 Å². The van der Waals surface area contributed by atoms with Gasteiger partial charge in [0.1, 0.15) is 8.24 Å². The van der Waals surface area contributed by atoms with Crippen molar-refractivity contribution >= 4 is 17.8 Å². The fourth-order valence-electron chi connectivity index (χ4n) is 3.55. The molecule has 0 N–H and O–H groups in total. The molecule has 23 heavy (non-hydrogen) atoms. The van der Waals surface area contributed by atoms with Crippen molar-refractivity contribution in [3.05, 3.63) is 11.3 Å². The van der Waals surface area contributed by atoms with E-state index in [1.54, 1.807) is 0 Å². The summed E-state index contributed by atoms with van der Waals surface area (Å²) in [4.78, 5) is 2.47. The maximum Gasteiger partial charge on any atom is 0.122 e. The lowest BCUT2D eigenvalue weighted by Gasteiger charge is -2.42. The molecule has 0 aliphatic carbocycles. The highest BCUT2D eigenvalue weighted by molar-refractivity contribution is 6.74. The molecule has 0 aromatic rings. The summed E-state index contributed by atoms with van der Waals surface area (Å²) in [6.45, 7) is 14.8. The monoisotopic (exact) mass is 354 g/mol. The molecule has 1 heterocycles. The quantitative estimate of drug-likeness (QED) is 0.403. The molecule has 0 atom stereocenters. The number of hydrogen-bond acceptors (Lipinski definition) is 2. The number of allylic oxidation sites excluding steroid dienone is 1. The summed E-state index contributed by atoms with van der Waals surface area (Å²) in [5, 5.41) is 0. The third kappa shape index (κ3) is 9.85. The van der Waals surface area contributed by atoms with Crippen LogP contribution in [0.15, 0.2) is 11.3 Å². The summed E-state index contributed by atoms with van der Waals surface area (Å²) in [6.07, 6.45) is 8.84. The van der Waals surface area contributed by atoms with Crippen LogP contribution in [-0.2, 0) is 0 Å². The Morgan fingerprint density at radius 1 is 0.913 bits per heavy atom. The molecule has 1 fully saturated rings. The van der Waals surface area contributed by atoms with Crippen LogP contribution < -0.4 is 0 Å². The van der Waals surface area contributed by atoms with Crippen molar-refractivity contribution in [1.29, 1.82) is 0 Å². The summed E-state index contributed by atoms with van der Waals surface area (Å²) in [6, 6.07) is 3.03. The van der Waals surface area contributed by atoms with Crippen LogP contribution >= 0.6 is 0 Å². The average Bonchev–Trinajstić information content (AvgIpc) is 2.49. The van der Waals surface area contributed by atoms with Crippen LogP contribution in [0.1, 0.15) is 52.4 Å². The van der Waals surface area contributed by atoms with Crippen LogP contribution in [0.5, 0.6) is 0 Å². The van der Waals surface area contributed by atoms with Gasteiger partial charge in [0, 0.05) is 35.7 Å². The Kier molecular flexibility index (Phi) is 10.7. The highest BCUT2D eigenvalue weighted by Crippen LogP contribution is 2.21. The summed E-state index contributed by atoms with van der Waals surface area (Å²) in [7, 11) is 1.26. The Labute approximate surface area is 149 Å². The molecule has 0 bridgehead atoms. The van der Waals surface area contributed by atoms with E-state index in [2.05, 4.69) is 49.2 Å². The van der Waals surface area contributed by atoms with Gasteiger partial charge < -0.3 is 9.47 Å². The summed E-state index contributed by atoms with van der Waals surface area (Å²) < 4.78 is 2.85. The minimum atomic E-state index is -1.12. The number of hydrogen-bond donors (Lipinski definition) is 0. The van der Waals surface area contributed by atoms with Gasteiger partial charge in [-0.25, -0.2) is 0 Å². The van der Waals surface area contributed by atoms with Gasteiger partial charge in [-0.1, -0.05) is 63.2 Å². The number of unbranched alkanes of at least 4 members (excludes halogenated alkanes) is 5. The van der Waals surface area contributed by atoms with Crippen molar-refractivity contribution in [3.63, 3.8) is 0 Å². The Balaban J connectivity index is 1.98. The molecule has 0 spiro atoms. The second kappa shape index (κ2) is 11.6. The summed E-state index contributed by atoms with van der Waals surface area (Å²) in [5.74, 6) is 0. The Hall–Kier alpha value is 0.0938. The zero-order valence-electron chi connectivity index (χ0n) is 16.7. The molecule has 0 saturated carbocycles. The Bertz CT molecular complexity index is 330. The zero-order valence-corrected chi connectivity index (χ0v) is 19.1. The minimum absolute atomic E-state index is 0.120. The molecular weight excluding hydrogens is 312 g/mol. The van der Waals surface area contributed by atoms with Crippen molar-refractivity contribution in [3.8, 4) is 0 Å². The van der Waals surface area contributed by atoms with Crippen LogP contribution in [0.3, 0.4) is 0 Å². The van der Waals surface area contributed by atoms with E-state index >= 15 is 0 Å². The summed E-state index contributed by atoms with van der Waals surface area (Å²) >= 11 is 0. The molecule has 0 radical (unpaired) electrons. The van der Waals surface area contributed by atoms with Crippen molar-refractivity contribution in [2.24, 2.45) is 0 Å². The van der Waals surface area contributed by atoms with Gasteiger partial charge in [0.05, 0.1) is 0 Å². The molecule has 1 aliphatic heterocycles. The first-order valence-electron chi connectivity index (χ1n) is 9.99. The average molecular weight is 355 g/mol. The van der Waals surface area contributed by atoms with E-state index < -0.39 is 8.24 Å². The van der Waals surface area contributed by atoms with Crippen LogP contribution in [-0.4, -0.2) is 60.4 Å². The van der Waals surface area contributed by atoms with Crippen LogP contribution in [0, 0.1) is 0 Å². The molecule has 1 rings (SSSR count). The van der Waals surface area contributed by atoms with Crippen molar-refractivity contribution in [2.45, 2.75) is 77.6 Å². The number of likely N-dealkylation sites (N-methyl/N-ethyl adjacent to an activating group) is 1. The van der Waals surface area contributed by atoms with E-state index in [9.17, 15) is 0 Å². The zero-order chi connectivity index (χ0) is 17.1. The predicted molar refractivity (Wildman–Crippen MR) is 112 cm³/mol. The molecule has 1 aliphatic rings. The topological polar surface area (TPSA) is 6.48 Å². The molecule has 0 unspecified atom stereocenters. The molecule has 4 heteroatoms. The number of nitrogens with zero attached hydrogens (tertiary/aromatic N) is 2. The predicted octanol–water partition coefficient (Wildman–Crippen LogP) is 4.29. The second-order valence-corrected chi connectivity index (χ2v) is 14.8. The highest BCUT2D eigenvalue weighted by atomic mass is 28.3. The maximum atomic E-state index is 2.85. The van der Waals surface area contributed by atoms with Crippen molar-refractivity contribution in [1.82, 2.24) is 9.47 Å². The SMILES string of the molecule is CC(C)=C[SiH2]CCCCCCCC[Si](C)(C)N1CCN(C)CC1. The van der Waals surface area contributed by atoms with Gasteiger partial charge in [-0.2, -0.15) is 0 Å². The van der Waals surface area contributed by atoms with Gasteiger partial charge in [0.25, 0.3) is 0 Å². The van der Waals surface area contributed by atoms with E-state index in [-0.39, 0.29) is 9.52 Å². The van der Waals surface area contributed by atoms with E-state index in [4.69, 9.17) is 0 Å². The van der Waals surface area contributed by atoms with Crippen LogP contribution in [0.4, 0.5) is 0 Å². The Morgan fingerprint density at radius 3 is 2.09 bits per heavy atom. The van der Waals surface area contributed by atoms with Crippen LogP contribution in [0.25, 0.3) is 0 Å². The first-order valence-corrected chi connectivity index (χ1v) is 15.0.